The molecule has 1 fully saturated rings. The maximum atomic E-state index is 12.9. The molecule has 0 spiro atoms. The number of nitrogens with one attached hydrogen (secondary N) is 1. The molecule has 0 aliphatic carbocycles. The zero-order valence-corrected chi connectivity index (χ0v) is 17.1. The van der Waals surface area contributed by atoms with Crippen molar-refractivity contribution in [3.05, 3.63) is 40.7 Å². The van der Waals surface area contributed by atoms with Crippen LogP contribution < -0.4 is 5.32 Å². The second kappa shape index (κ2) is 8.23. The smallest absolute Gasteiger partial charge is 0.317 e. The monoisotopic (exact) mass is 396 g/mol. The summed E-state index contributed by atoms with van der Waals surface area (Å²) < 4.78 is 1.78. The van der Waals surface area contributed by atoms with Gasteiger partial charge in [0.15, 0.2) is 5.69 Å². The first-order chi connectivity index (χ1) is 14.1. The summed E-state index contributed by atoms with van der Waals surface area (Å²) >= 11 is 0. The molecule has 2 aliphatic rings. The molecule has 0 saturated carbocycles. The SMILES string of the molecule is CCNC(=O)N1CCc2c(cccc2-n2nnc(C(=O)N3CCCCC3)c2C)C1. The van der Waals surface area contributed by atoms with Crippen molar-refractivity contribution < 1.29 is 9.59 Å². The molecule has 8 heteroatoms. The van der Waals surface area contributed by atoms with E-state index in [0.29, 0.717) is 25.3 Å². The van der Waals surface area contributed by atoms with Crippen molar-refractivity contribution in [2.24, 2.45) is 0 Å². The third-order valence-electron chi connectivity index (χ3n) is 5.83. The molecule has 8 nitrogen and oxygen atoms in total. The summed E-state index contributed by atoms with van der Waals surface area (Å²) in [7, 11) is 0. The Kier molecular flexibility index (Phi) is 5.51. The lowest BCUT2D eigenvalue weighted by molar-refractivity contribution is 0.0717. The molecule has 0 radical (unpaired) electrons. The van der Waals surface area contributed by atoms with Gasteiger partial charge in [-0.3, -0.25) is 4.79 Å². The van der Waals surface area contributed by atoms with E-state index in [1.165, 1.54) is 6.42 Å². The van der Waals surface area contributed by atoms with Crippen LogP contribution in [0.4, 0.5) is 4.79 Å². The normalized spacial score (nSPS) is 16.5. The van der Waals surface area contributed by atoms with Crippen molar-refractivity contribution in [1.29, 1.82) is 0 Å². The third kappa shape index (κ3) is 3.71. The minimum absolute atomic E-state index is 0.0272. The predicted octanol–water partition coefficient (Wildman–Crippen LogP) is 2.29. The van der Waals surface area contributed by atoms with E-state index in [1.54, 1.807) is 4.68 Å². The molecule has 1 N–H and O–H groups in total. The minimum atomic E-state index is -0.0325. The fraction of sp³-hybridized carbons (Fsp3) is 0.524. The largest absolute Gasteiger partial charge is 0.338 e. The first-order valence-corrected chi connectivity index (χ1v) is 10.5. The lowest BCUT2D eigenvalue weighted by Gasteiger charge is -2.30. The van der Waals surface area contributed by atoms with E-state index in [1.807, 2.05) is 35.8 Å². The fourth-order valence-corrected chi connectivity index (χ4v) is 4.23. The molecule has 1 saturated heterocycles. The summed E-state index contributed by atoms with van der Waals surface area (Å²) in [5, 5.41) is 11.4. The van der Waals surface area contributed by atoms with Crippen LogP contribution in [0, 0.1) is 6.92 Å². The number of rotatable bonds is 3. The minimum Gasteiger partial charge on any atom is -0.338 e. The second-order valence-electron chi connectivity index (χ2n) is 7.71. The van der Waals surface area contributed by atoms with Gasteiger partial charge in [-0.25, -0.2) is 9.48 Å². The molecule has 3 amide bonds. The van der Waals surface area contributed by atoms with E-state index >= 15 is 0 Å². The molecule has 154 valence electrons. The number of nitrogens with zero attached hydrogens (tertiary/aromatic N) is 5. The summed E-state index contributed by atoms with van der Waals surface area (Å²) in [6, 6.07) is 6.01. The standard InChI is InChI=1S/C21H28N6O2/c1-3-22-21(29)26-13-10-17-16(14-26)8-7-9-18(17)27-15(2)19(23-24-27)20(28)25-11-5-4-6-12-25/h7-9H,3-6,10-14H2,1-2H3,(H,22,29). The highest BCUT2D eigenvalue weighted by Gasteiger charge is 2.27. The van der Waals surface area contributed by atoms with Crippen molar-refractivity contribution in [2.45, 2.75) is 46.1 Å². The molecule has 2 aliphatic heterocycles. The van der Waals surface area contributed by atoms with E-state index in [2.05, 4.69) is 21.7 Å². The van der Waals surface area contributed by atoms with E-state index in [4.69, 9.17) is 0 Å². The zero-order chi connectivity index (χ0) is 20.4. The van der Waals surface area contributed by atoms with E-state index in [-0.39, 0.29) is 11.9 Å². The van der Waals surface area contributed by atoms with Gasteiger partial charge in [0.25, 0.3) is 5.91 Å². The molecular formula is C21H28N6O2. The second-order valence-corrected chi connectivity index (χ2v) is 7.71. The Morgan fingerprint density at radius 2 is 1.90 bits per heavy atom. The van der Waals surface area contributed by atoms with Crippen LogP contribution in [0.3, 0.4) is 0 Å². The predicted molar refractivity (Wildman–Crippen MR) is 109 cm³/mol. The Morgan fingerprint density at radius 1 is 1.10 bits per heavy atom. The lowest BCUT2D eigenvalue weighted by Crippen LogP contribution is -2.42. The van der Waals surface area contributed by atoms with Crippen molar-refractivity contribution in [1.82, 2.24) is 30.1 Å². The third-order valence-corrected chi connectivity index (χ3v) is 5.83. The van der Waals surface area contributed by atoms with Crippen LogP contribution in [0.15, 0.2) is 18.2 Å². The van der Waals surface area contributed by atoms with Gasteiger partial charge >= 0.3 is 6.03 Å². The van der Waals surface area contributed by atoms with Crippen molar-refractivity contribution >= 4 is 11.9 Å². The zero-order valence-electron chi connectivity index (χ0n) is 17.1. The highest BCUT2D eigenvalue weighted by Crippen LogP contribution is 2.26. The molecule has 0 bridgehead atoms. The van der Waals surface area contributed by atoms with Gasteiger partial charge in [-0.1, -0.05) is 17.3 Å². The summed E-state index contributed by atoms with van der Waals surface area (Å²) in [6.07, 6.45) is 4.02. The maximum absolute atomic E-state index is 12.9. The Balaban J connectivity index is 1.60. The van der Waals surface area contributed by atoms with Gasteiger partial charge in [0.05, 0.1) is 11.4 Å². The highest BCUT2D eigenvalue weighted by molar-refractivity contribution is 5.93. The lowest BCUT2D eigenvalue weighted by atomic mass is 9.98. The number of likely N-dealkylation sites (tertiary alicyclic amines) is 1. The van der Waals surface area contributed by atoms with Crippen LogP contribution in [0.1, 0.15) is 53.5 Å². The van der Waals surface area contributed by atoms with Gasteiger partial charge in [0, 0.05) is 32.7 Å². The van der Waals surface area contributed by atoms with Gasteiger partial charge in [-0.15, -0.1) is 5.10 Å². The molecule has 0 atom stereocenters. The summed E-state index contributed by atoms with van der Waals surface area (Å²) in [5.74, 6) is -0.0272. The summed E-state index contributed by atoms with van der Waals surface area (Å²) in [5.41, 5.74) is 4.42. The number of amides is 3. The molecule has 2 aromatic rings. The van der Waals surface area contributed by atoms with E-state index in [0.717, 1.165) is 54.9 Å². The number of hydrogen-bond acceptors (Lipinski definition) is 4. The Hall–Kier alpha value is -2.90. The van der Waals surface area contributed by atoms with Crippen LogP contribution in [0.5, 0.6) is 0 Å². The number of hydrogen-bond donors (Lipinski definition) is 1. The summed E-state index contributed by atoms with van der Waals surface area (Å²) in [4.78, 5) is 28.8. The molecular weight excluding hydrogens is 368 g/mol. The average Bonchev–Trinajstić information content (AvgIpc) is 3.14. The summed E-state index contributed by atoms with van der Waals surface area (Å²) in [6.45, 7) is 7.26. The van der Waals surface area contributed by atoms with Gasteiger partial charge in [-0.2, -0.15) is 0 Å². The van der Waals surface area contributed by atoms with Crippen LogP contribution in [0.25, 0.3) is 5.69 Å². The topological polar surface area (TPSA) is 83.4 Å². The van der Waals surface area contributed by atoms with Crippen LogP contribution >= 0.6 is 0 Å². The van der Waals surface area contributed by atoms with Crippen LogP contribution in [-0.4, -0.2) is 62.9 Å². The molecule has 29 heavy (non-hydrogen) atoms. The first kappa shape index (κ1) is 19.4. The molecule has 4 rings (SSSR count). The number of benzene rings is 1. The van der Waals surface area contributed by atoms with Crippen molar-refractivity contribution in [3.63, 3.8) is 0 Å². The van der Waals surface area contributed by atoms with Gasteiger partial charge in [0.1, 0.15) is 0 Å². The molecule has 1 aromatic heterocycles. The number of carbonyl (C=O) groups excluding carboxylic acids is 2. The number of urea groups is 1. The van der Waals surface area contributed by atoms with E-state index < -0.39 is 0 Å². The first-order valence-electron chi connectivity index (χ1n) is 10.5. The number of carbonyl (C=O) groups is 2. The Labute approximate surface area is 170 Å². The van der Waals surface area contributed by atoms with Gasteiger partial charge < -0.3 is 15.1 Å². The maximum Gasteiger partial charge on any atom is 0.317 e. The van der Waals surface area contributed by atoms with Gasteiger partial charge in [0.2, 0.25) is 0 Å². The molecule has 0 unspecified atom stereocenters. The fourth-order valence-electron chi connectivity index (χ4n) is 4.23. The highest BCUT2D eigenvalue weighted by atomic mass is 16.2. The van der Waals surface area contributed by atoms with Gasteiger partial charge in [-0.05, 0) is 56.7 Å². The number of piperidine rings is 1. The quantitative estimate of drug-likeness (QED) is 0.863. The van der Waals surface area contributed by atoms with Crippen molar-refractivity contribution in [2.75, 3.05) is 26.2 Å². The Bertz CT molecular complexity index is 916. The van der Waals surface area contributed by atoms with E-state index in [9.17, 15) is 9.59 Å². The number of aromatic nitrogens is 3. The molecule has 3 heterocycles. The van der Waals surface area contributed by atoms with Crippen LogP contribution in [0.2, 0.25) is 0 Å². The number of fused-ring (bicyclic) bond motifs is 1. The van der Waals surface area contributed by atoms with Crippen molar-refractivity contribution in [3.8, 4) is 5.69 Å². The van der Waals surface area contributed by atoms with Crippen LogP contribution in [-0.2, 0) is 13.0 Å². The Morgan fingerprint density at radius 3 is 2.66 bits per heavy atom. The average molecular weight is 396 g/mol. The molecule has 1 aromatic carbocycles.